The summed E-state index contributed by atoms with van der Waals surface area (Å²) in [6, 6.07) is 15.0. The summed E-state index contributed by atoms with van der Waals surface area (Å²) in [6.07, 6.45) is 0.167. The van der Waals surface area contributed by atoms with Crippen molar-refractivity contribution in [1.82, 2.24) is 5.32 Å². The average molecular weight is 339 g/mol. The van der Waals surface area contributed by atoms with E-state index in [4.69, 9.17) is 4.74 Å². The van der Waals surface area contributed by atoms with Crippen molar-refractivity contribution in [2.75, 3.05) is 7.11 Å². The van der Waals surface area contributed by atoms with E-state index < -0.39 is 0 Å². The van der Waals surface area contributed by atoms with E-state index in [9.17, 15) is 9.59 Å². The summed E-state index contributed by atoms with van der Waals surface area (Å²) in [5.74, 6) is 0.743. The van der Waals surface area contributed by atoms with Gasteiger partial charge in [-0.2, -0.15) is 0 Å². The van der Waals surface area contributed by atoms with Crippen molar-refractivity contribution in [3.05, 3.63) is 65.2 Å². The lowest BCUT2D eigenvalue weighted by molar-refractivity contribution is -0.121. The number of carbonyl (C=O) groups is 2. The molecule has 0 aromatic heterocycles. The van der Waals surface area contributed by atoms with Crippen molar-refractivity contribution in [1.29, 1.82) is 0 Å². The molecule has 0 aliphatic heterocycles. The van der Waals surface area contributed by atoms with Gasteiger partial charge in [0.05, 0.1) is 19.6 Å². The summed E-state index contributed by atoms with van der Waals surface area (Å²) in [4.78, 5) is 24.2. The van der Waals surface area contributed by atoms with E-state index in [1.54, 1.807) is 25.3 Å². The molecule has 2 rings (SSSR count). The molecular formula is C21H25NO3. The lowest BCUT2D eigenvalue weighted by Gasteiger charge is -2.23. The molecule has 4 nitrogen and oxygen atoms in total. The first-order valence-electron chi connectivity index (χ1n) is 8.44. The molecule has 0 radical (unpaired) electrons. The molecule has 0 aliphatic carbocycles. The minimum absolute atomic E-state index is 0.0337. The Morgan fingerprint density at radius 1 is 1.08 bits per heavy atom. The van der Waals surface area contributed by atoms with Gasteiger partial charge in [-0.25, -0.2) is 0 Å². The third-order valence-electron chi connectivity index (χ3n) is 4.18. The summed E-state index contributed by atoms with van der Waals surface area (Å²) in [6.45, 7) is 5.67. The van der Waals surface area contributed by atoms with Gasteiger partial charge in [0.2, 0.25) is 5.91 Å². The number of Topliss-reactive ketones (excluding diaryl/α,β-unsaturated/α-hetero) is 1. The van der Waals surface area contributed by atoms with Crippen molar-refractivity contribution in [2.24, 2.45) is 5.92 Å². The van der Waals surface area contributed by atoms with Crippen molar-refractivity contribution in [3.8, 4) is 5.75 Å². The van der Waals surface area contributed by atoms with Crippen LogP contribution in [0, 0.1) is 5.92 Å². The number of ether oxygens (including phenoxy) is 1. The van der Waals surface area contributed by atoms with E-state index in [2.05, 4.69) is 19.2 Å². The molecule has 1 amide bonds. The van der Waals surface area contributed by atoms with Gasteiger partial charge >= 0.3 is 0 Å². The fraction of sp³-hybridized carbons (Fsp3) is 0.333. The highest BCUT2D eigenvalue weighted by molar-refractivity contribution is 5.94. The normalized spacial score (nSPS) is 11.9. The largest absolute Gasteiger partial charge is 0.496 e. The molecule has 0 spiro atoms. The third-order valence-corrected chi connectivity index (χ3v) is 4.18. The average Bonchev–Trinajstić information content (AvgIpc) is 2.60. The monoisotopic (exact) mass is 339 g/mol. The molecule has 0 bridgehead atoms. The topological polar surface area (TPSA) is 55.4 Å². The van der Waals surface area contributed by atoms with E-state index in [1.807, 2.05) is 30.3 Å². The lowest BCUT2D eigenvalue weighted by atomic mass is 9.95. The number of benzene rings is 2. The Hall–Kier alpha value is -2.62. The number of nitrogens with one attached hydrogen (secondary N) is 1. The fourth-order valence-electron chi connectivity index (χ4n) is 2.83. The molecule has 2 aromatic rings. The van der Waals surface area contributed by atoms with Gasteiger partial charge in [-0.15, -0.1) is 0 Å². The molecule has 0 aliphatic rings. The van der Waals surface area contributed by atoms with Crippen LogP contribution in [0.5, 0.6) is 5.75 Å². The second kappa shape index (κ2) is 8.47. The molecule has 0 heterocycles. The van der Waals surface area contributed by atoms with Crippen LogP contribution in [0.4, 0.5) is 0 Å². The van der Waals surface area contributed by atoms with Crippen molar-refractivity contribution in [2.45, 2.75) is 33.2 Å². The molecule has 0 fully saturated rings. The number of methoxy groups -OCH3 is 1. The zero-order valence-corrected chi connectivity index (χ0v) is 15.2. The summed E-state index contributed by atoms with van der Waals surface area (Å²) < 4.78 is 5.33. The van der Waals surface area contributed by atoms with Crippen molar-refractivity contribution < 1.29 is 14.3 Å². The van der Waals surface area contributed by atoms with Gasteiger partial charge in [0.1, 0.15) is 5.75 Å². The molecule has 25 heavy (non-hydrogen) atoms. The Bertz CT molecular complexity index is 738. The molecular weight excluding hydrogens is 314 g/mol. The van der Waals surface area contributed by atoms with E-state index in [1.165, 1.54) is 6.92 Å². The molecule has 132 valence electrons. The Morgan fingerprint density at radius 3 is 2.32 bits per heavy atom. The van der Waals surface area contributed by atoms with E-state index in [-0.39, 0.29) is 30.1 Å². The van der Waals surface area contributed by atoms with Crippen LogP contribution >= 0.6 is 0 Å². The molecule has 1 atom stereocenters. The molecule has 1 unspecified atom stereocenters. The fourth-order valence-corrected chi connectivity index (χ4v) is 2.83. The Labute approximate surface area is 149 Å². The maximum absolute atomic E-state index is 12.6. The second-order valence-electron chi connectivity index (χ2n) is 6.46. The minimum atomic E-state index is -0.0958. The van der Waals surface area contributed by atoms with E-state index in [0.717, 1.165) is 5.56 Å². The minimum Gasteiger partial charge on any atom is -0.496 e. The molecule has 1 N–H and O–H groups in total. The first kappa shape index (κ1) is 18.7. The number of carbonyl (C=O) groups excluding carboxylic acids is 2. The van der Waals surface area contributed by atoms with Gasteiger partial charge in [-0.3, -0.25) is 9.59 Å². The van der Waals surface area contributed by atoms with Crippen LogP contribution in [0.3, 0.4) is 0 Å². The van der Waals surface area contributed by atoms with Gasteiger partial charge in [0.25, 0.3) is 0 Å². The van der Waals surface area contributed by atoms with Gasteiger partial charge in [0, 0.05) is 11.1 Å². The number of amides is 1. The lowest BCUT2D eigenvalue weighted by Crippen LogP contribution is -2.33. The Balaban J connectivity index is 2.18. The van der Waals surface area contributed by atoms with Crippen molar-refractivity contribution in [3.63, 3.8) is 0 Å². The van der Waals surface area contributed by atoms with E-state index >= 15 is 0 Å². The SMILES string of the molecule is COc1ccc(C(C)=O)cc1CC(=O)NC(c1ccccc1)C(C)C. The van der Waals surface area contributed by atoms with Crippen LogP contribution in [0.1, 0.15) is 48.3 Å². The van der Waals surface area contributed by atoms with Crippen LogP contribution < -0.4 is 10.1 Å². The standard InChI is InChI=1S/C21H25NO3/c1-14(2)21(16-8-6-5-7-9-16)22-20(24)13-18-12-17(15(3)23)10-11-19(18)25-4/h5-12,14,21H,13H2,1-4H3,(H,22,24). The summed E-state index contributed by atoms with van der Waals surface area (Å²) >= 11 is 0. The Morgan fingerprint density at radius 2 is 1.76 bits per heavy atom. The number of rotatable bonds is 7. The van der Waals surface area contributed by atoms with Gasteiger partial charge in [0.15, 0.2) is 5.78 Å². The predicted octanol–water partition coefficient (Wildman–Crippen LogP) is 3.95. The highest BCUT2D eigenvalue weighted by atomic mass is 16.5. The highest BCUT2D eigenvalue weighted by Gasteiger charge is 2.19. The first-order valence-corrected chi connectivity index (χ1v) is 8.44. The van der Waals surface area contributed by atoms with Gasteiger partial charge in [-0.1, -0.05) is 44.2 Å². The van der Waals surface area contributed by atoms with Crippen LogP contribution in [0.25, 0.3) is 0 Å². The molecule has 0 saturated heterocycles. The zero-order valence-electron chi connectivity index (χ0n) is 15.2. The smallest absolute Gasteiger partial charge is 0.225 e. The number of hydrogen-bond acceptors (Lipinski definition) is 3. The second-order valence-corrected chi connectivity index (χ2v) is 6.46. The van der Waals surface area contributed by atoms with Crippen LogP contribution in [0.2, 0.25) is 0 Å². The highest BCUT2D eigenvalue weighted by Crippen LogP contribution is 2.24. The third kappa shape index (κ3) is 4.92. The summed E-state index contributed by atoms with van der Waals surface area (Å²) in [5, 5.41) is 3.10. The van der Waals surface area contributed by atoms with E-state index in [0.29, 0.717) is 16.9 Å². The first-order chi connectivity index (χ1) is 11.9. The maximum atomic E-state index is 12.6. The maximum Gasteiger partial charge on any atom is 0.225 e. The predicted molar refractivity (Wildman–Crippen MR) is 98.9 cm³/mol. The number of hydrogen-bond donors (Lipinski definition) is 1. The summed E-state index contributed by atoms with van der Waals surface area (Å²) in [7, 11) is 1.56. The number of ketones is 1. The van der Waals surface area contributed by atoms with Crippen LogP contribution in [0.15, 0.2) is 48.5 Å². The van der Waals surface area contributed by atoms with Crippen LogP contribution in [-0.2, 0) is 11.2 Å². The zero-order chi connectivity index (χ0) is 18.4. The quantitative estimate of drug-likeness (QED) is 0.777. The Kier molecular flexibility index (Phi) is 6.34. The van der Waals surface area contributed by atoms with Gasteiger partial charge < -0.3 is 10.1 Å². The molecule has 0 saturated carbocycles. The van der Waals surface area contributed by atoms with Crippen molar-refractivity contribution >= 4 is 11.7 Å². The molecule has 2 aromatic carbocycles. The van der Waals surface area contributed by atoms with Gasteiger partial charge in [-0.05, 0) is 36.6 Å². The van der Waals surface area contributed by atoms with Crippen LogP contribution in [-0.4, -0.2) is 18.8 Å². The molecule has 4 heteroatoms. The summed E-state index contributed by atoms with van der Waals surface area (Å²) in [5.41, 5.74) is 2.37.